The van der Waals surface area contributed by atoms with Gasteiger partial charge in [-0.15, -0.1) is 0 Å². The lowest BCUT2D eigenvalue weighted by Crippen LogP contribution is -1.99. The summed E-state index contributed by atoms with van der Waals surface area (Å²) in [6.45, 7) is 4.10. The van der Waals surface area contributed by atoms with Gasteiger partial charge < -0.3 is 13.9 Å². The van der Waals surface area contributed by atoms with E-state index in [4.69, 9.17) is 13.9 Å². The highest BCUT2D eigenvalue weighted by Gasteiger charge is 2.02. The Morgan fingerprint density at radius 1 is 1.11 bits per heavy atom. The van der Waals surface area contributed by atoms with Crippen LogP contribution in [0.25, 0.3) is 12.2 Å². The van der Waals surface area contributed by atoms with Gasteiger partial charge in [-0.25, -0.2) is 9.59 Å². The minimum atomic E-state index is -0.445. The van der Waals surface area contributed by atoms with Gasteiger partial charge in [0.2, 0.25) is 0 Å². The molecule has 0 saturated carbocycles. The van der Waals surface area contributed by atoms with E-state index in [9.17, 15) is 9.59 Å². The van der Waals surface area contributed by atoms with Crippen LogP contribution in [0.1, 0.15) is 25.2 Å². The molecule has 0 spiro atoms. The van der Waals surface area contributed by atoms with Crippen molar-refractivity contribution >= 4 is 24.1 Å². The summed E-state index contributed by atoms with van der Waals surface area (Å²) in [4.78, 5) is 22.3. The van der Waals surface area contributed by atoms with E-state index in [0.717, 1.165) is 0 Å². The molecule has 1 heterocycles. The van der Waals surface area contributed by atoms with Gasteiger partial charge in [-0.2, -0.15) is 0 Å². The van der Waals surface area contributed by atoms with Crippen molar-refractivity contribution in [3.05, 3.63) is 35.8 Å². The van der Waals surface area contributed by atoms with Crippen molar-refractivity contribution in [2.45, 2.75) is 13.8 Å². The van der Waals surface area contributed by atoms with Crippen LogP contribution in [0.4, 0.5) is 0 Å². The van der Waals surface area contributed by atoms with Crippen molar-refractivity contribution < 1.29 is 23.5 Å². The number of rotatable bonds is 6. The third kappa shape index (κ3) is 5.25. The molecule has 102 valence electrons. The maximum absolute atomic E-state index is 11.2. The number of carbonyl (C=O) groups excluding carboxylic acids is 2. The molecule has 1 rings (SSSR count). The molecular formula is C14H16O5. The first-order chi connectivity index (χ1) is 9.17. The summed E-state index contributed by atoms with van der Waals surface area (Å²) in [7, 11) is 0. The molecule has 0 aromatic carbocycles. The molecule has 19 heavy (non-hydrogen) atoms. The van der Waals surface area contributed by atoms with E-state index in [-0.39, 0.29) is 0 Å². The quantitative estimate of drug-likeness (QED) is 0.583. The molecular weight excluding hydrogens is 248 g/mol. The van der Waals surface area contributed by atoms with Gasteiger partial charge in [0.1, 0.15) is 5.76 Å². The van der Waals surface area contributed by atoms with Crippen LogP contribution in [0.15, 0.2) is 28.9 Å². The zero-order chi connectivity index (χ0) is 14.1. The average Bonchev–Trinajstić information content (AvgIpc) is 2.82. The van der Waals surface area contributed by atoms with Gasteiger partial charge in [-0.3, -0.25) is 0 Å². The van der Waals surface area contributed by atoms with Gasteiger partial charge in [0.25, 0.3) is 0 Å². The van der Waals surface area contributed by atoms with Gasteiger partial charge >= 0.3 is 11.9 Å². The van der Waals surface area contributed by atoms with Gasteiger partial charge in [0.15, 0.2) is 0 Å². The molecule has 1 aromatic rings. The van der Waals surface area contributed by atoms with E-state index in [1.165, 1.54) is 24.5 Å². The average molecular weight is 264 g/mol. The fourth-order valence-electron chi connectivity index (χ4n) is 1.29. The predicted molar refractivity (Wildman–Crippen MR) is 70.0 cm³/mol. The van der Waals surface area contributed by atoms with Crippen LogP contribution in [0.3, 0.4) is 0 Å². The third-order valence-corrected chi connectivity index (χ3v) is 2.07. The minimum absolute atomic E-state index is 0.316. The summed E-state index contributed by atoms with van der Waals surface area (Å²) in [5.74, 6) is -0.406. The lowest BCUT2D eigenvalue weighted by atomic mass is 10.2. The molecule has 0 aliphatic carbocycles. The Bertz CT molecular complexity index is 439. The molecule has 0 aliphatic rings. The van der Waals surface area contributed by atoms with Crippen LogP contribution in [0.2, 0.25) is 0 Å². The SMILES string of the molecule is CCOC(=O)/C=C/c1ccoc1/C=C/C(=O)OCC. The summed E-state index contributed by atoms with van der Waals surface area (Å²) in [6, 6.07) is 1.68. The monoisotopic (exact) mass is 264 g/mol. The fraction of sp³-hybridized carbons (Fsp3) is 0.286. The Labute approximate surface area is 111 Å². The van der Waals surface area contributed by atoms with Crippen LogP contribution >= 0.6 is 0 Å². The summed E-state index contributed by atoms with van der Waals surface area (Å²) in [5.41, 5.74) is 0.675. The van der Waals surface area contributed by atoms with E-state index >= 15 is 0 Å². The Hall–Kier alpha value is -2.30. The van der Waals surface area contributed by atoms with Crippen LogP contribution in [-0.4, -0.2) is 25.2 Å². The number of hydrogen-bond donors (Lipinski definition) is 0. The molecule has 0 N–H and O–H groups in total. The molecule has 0 fully saturated rings. The normalized spacial score (nSPS) is 11.1. The summed E-state index contributed by atoms with van der Waals surface area (Å²) >= 11 is 0. The summed E-state index contributed by atoms with van der Waals surface area (Å²) < 4.78 is 14.7. The first kappa shape index (κ1) is 14.8. The Morgan fingerprint density at radius 3 is 2.26 bits per heavy atom. The molecule has 0 unspecified atom stereocenters. The second-order valence-corrected chi connectivity index (χ2v) is 3.41. The van der Waals surface area contributed by atoms with Crippen LogP contribution in [-0.2, 0) is 19.1 Å². The zero-order valence-corrected chi connectivity index (χ0v) is 10.9. The van der Waals surface area contributed by atoms with Crippen molar-refractivity contribution in [1.29, 1.82) is 0 Å². The Morgan fingerprint density at radius 2 is 1.68 bits per heavy atom. The first-order valence-electron chi connectivity index (χ1n) is 5.94. The molecule has 0 aliphatic heterocycles. The predicted octanol–water partition coefficient (Wildman–Crippen LogP) is 2.43. The van der Waals surface area contributed by atoms with Gasteiger partial charge in [-0.05, 0) is 32.1 Å². The van der Waals surface area contributed by atoms with Crippen molar-refractivity contribution in [3.8, 4) is 0 Å². The molecule has 0 saturated heterocycles. The van der Waals surface area contributed by atoms with E-state index in [2.05, 4.69) is 0 Å². The molecule has 1 aromatic heterocycles. The van der Waals surface area contributed by atoms with E-state index in [1.54, 1.807) is 26.0 Å². The second-order valence-electron chi connectivity index (χ2n) is 3.41. The topological polar surface area (TPSA) is 65.7 Å². The largest absolute Gasteiger partial charge is 0.464 e. The molecule has 0 amide bonds. The molecule has 5 heteroatoms. The van der Waals surface area contributed by atoms with Crippen molar-refractivity contribution in [3.63, 3.8) is 0 Å². The van der Waals surface area contributed by atoms with Crippen LogP contribution in [0, 0.1) is 0 Å². The highest BCUT2D eigenvalue weighted by atomic mass is 16.5. The Balaban J connectivity index is 2.70. The van der Waals surface area contributed by atoms with Gasteiger partial charge in [0.05, 0.1) is 19.5 Å². The number of esters is 2. The molecule has 0 bridgehead atoms. The maximum Gasteiger partial charge on any atom is 0.330 e. The zero-order valence-electron chi connectivity index (χ0n) is 10.9. The van der Waals surface area contributed by atoms with E-state index in [1.807, 2.05) is 0 Å². The number of furan rings is 1. The van der Waals surface area contributed by atoms with Gasteiger partial charge in [0, 0.05) is 17.7 Å². The lowest BCUT2D eigenvalue weighted by molar-refractivity contribution is -0.138. The summed E-state index contributed by atoms with van der Waals surface area (Å²) in [6.07, 6.45) is 7.09. The van der Waals surface area contributed by atoms with E-state index in [0.29, 0.717) is 24.5 Å². The number of hydrogen-bond acceptors (Lipinski definition) is 5. The Kier molecular flexibility index (Phi) is 6.15. The first-order valence-corrected chi connectivity index (χ1v) is 5.94. The van der Waals surface area contributed by atoms with Crippen molar-refractivity contribution in [1.82, 2.24) is 0 Å². The minimum Gasteiger partial charge on any atom is -0.464 e. The fourth-order valence-corrected chi connectivity index (χ4v) is 1.29. The molecule has 0 radical (unpaired) electrons. The smallest absolute Gasteiger partial charge is 0.330 e. The molecule has 0 atom stereocenters. The van der Waals surface area contributed by atoms with E-state index < -0.39 is 11.9 Å². The van der Waals surface area contributed by atoms with Crippen LogP contribution in [0.5, 0.6) is 0 Å². The maximum atomic E-state index is 11.2. The highest BCUT2D eigenvalue weighted by Crippen LogP contribution is 2.14. The standard InChI is InChI=1S/C14H16O5/c1-3-17-13(15)7-5-11-9-10-19-12(11)6-8-14(16)18-4-2/h5-10H,3-4H2,1-2H3/b7-5+,8-6+. The third-order valence-electron chi connectivity index (χ3n) is 2.07. The van der Waals surface area contributed by atoms with Gasteiger partial charge in [-0.1, -0.05) is 0 Å². The summed E-state index contributed by atoms with van der Waals surface area (Å²) in [5, 5.41) is 0. The van der Waals surface area contributed by atoms with Crippen LogP contribution < -0.4 is 0 Å². The van der Waals surface area contributed by atoms with Crippen molar-refractivity contribution in [2.75, 3.05) is 13.2 Å². The number of ether oxygens (including phenoxy) is 2. The number of carbonyl (C=O) groups is 2. The van der Waals surface area contributed by atoms with Crippen molar-refractivity contribution in [2.24, 2.45) is 0 Å². The molecule has 5 nitrogen and oxygen atoms in total. The second kappa shape index (κ2) is 7.92. The highest BCUT2D eigenvalue weighted by molar-refractivity contribution is 5.89. The lowest BCUT2D eigenvalue weighted by Gasteiger charge is -1.95.